The van der Waals surface area contributed by atoms with Crippen LogP contribution in [0.2, 0.25) is 0 Å². The lowest BCUT2D eigenvalue weighted by atomic mass is 9.90. The Morgan fingerprint density at radius 3 is 2.47 bits per heavy atom. The molecule has 0 radical (unpaired) electrons. The first-order valence-electron chi connectivity index (χ1n) is 10.8. The molecule has 1 N–H and O–H groups in total. The molecule has 0 saturated carbocycles. The van der Waals surface area contributed by atoms with Gasteiger partial charge in [0.2, 0.25) is 0 Å². The second kappa shape index (κ2) is 8.77. The molecule has 1 fully saturated rings. The number of ether oxygens (including phenoxy) is 1. The molecule has 1 amide bonds. The Hall–Kier alpha value is -3.95. The zero-order valence-electron chi connectivity index (χ0n) is 17.9. The number of piperidine rings is 1. The largest absolute Gasteiger partial charge is 0.573 e. The van der Waals surface area contributed by atoms with E-state index >= 15 is 0 Å². The van der Waals surface area contributed by atoms with Gasteiger partial charge in [0.15, 0.2) is 0 Å². The van der Waals surface area contributed by atoms with Crippen LogP contribution in [0.4, 0.5) is 13.2 Å². The van der Waals surface area contributed by atoms with Crippen LogP contribution in [-0.2, 0) is 0 Å². The van der Waals surface area contributed by atoms with E-state index in [4.69, 9.17) is 0 Å². The fraction of sp³-hybridized carbons (Fsp3) is 0.250. The van der Waals surface area contributed by atoms with Crippen molar-refractivity contribution in [1.29, 1.82) is 0 Å². The summed E-state index contributed by atoms with van der Waals surface area (Å²) < 4.78 is 40.9. The molecule has 4 aromatic rings. The normalized spacial score (nSPS) is 15.0. The maximum Gasteiger partial charge on any atom is 0.573 e. The van der Waals surface area contributed by atoms with Gasteiger partial charge in [-0.1, -0.05) is 12.1 Å². The van der Waals surface area contributed by atoms with Gasteiger partial charge in [0.25, 0.3) is 5.91 Å². The van der Waals surface area contributed by atoms with Crippen LogP contribution in [0.3, 0.4) is 0 Å². The van der Waals surface area contributed by atoms with Crippen LogP contribution in [0.15, 0.2) is 61.1 Å². The molecular formula is C24H20F3N5O2. The van der Waals surface area contributed by atoms with E-state index < -0.39 is 6.36 Å². The number of halogens is 3. The summed E-state index contributed by atoms with van der Waals surface area (Å²) in [6.45, 7) is 1.06. The highest BCUT2D eigenvalue weighted by molar-refractivity contribution is 5.94. The number of rotatable bonds is 4. The van der Waals surface area contributed by atoms with Gasteiger partial charge < -0.3 is 9.64 Å². The smallest absolute Gasteiger partial charge is 0.406 e. The van der Waals surface area contributed by atoms with Gasteiger partial charge in [0.05, 0.1) is 16.9 Å². The van der Waals surface area contributed by atoms with E-state index in [9.17, 15) is 18.0 Å². The summed E-state index contributed by atoms with van der Waals surface area (Å²) in [6, 6.07) is 12.9. The minimum Gasteiger partial charge on any atom is -0.406 e. The first-order valence-corrected chi connectivity index (χ1v) is 10.8. The van der Waals surface area contributed by atoms with E-state index in [0.29, 0.717) is 18.7 Å². The van der Waals surface area contributed by atoms with Crippen molar-refractivity contribution in [3.8, 4) is 17.0 Å². The molecule has 2 aromatic heterocycles. The molecule has 2 aromatic carbocycles. The van der Waals surface area contributed by atoms with E-state index in [0.717, 1.165) is 52.8 Å². The molecule has 1 saturated heterocycles. The van der Waals surface area contributed by atoms with Crippen LogP contribution >= 0.6 is 0 Å². The second-order valence-corrected chi connectivity index (χ2v) is 8.10. The zero-order chi connectivity index (χ0) is 23.7. The molecular weight excluding hydrogens is 447 g/mol. The Morgan fingerprint density at radius 2 is 1.79 bits per heavy atom. The number of hydrogen-bond donors (Lipinski definition) is 1. The van der Waals surface area contributed by atoms with Crippen LogP contribution in [-0.4, -0.2) is 50.4 Å². The fourth-order valence-corrected chi connectivity index (χ4v) is 4.33. The zero-order valence-corrected chi connectivity index (χ0v) is 17.9. The third kappa shape index (κ3) is 4.57. The first-order chi connectivity index (χ1) is 16.4. The number of nitrogens with one attached hydrogen (secondary N) is 1. The molecule has 1 aliphatic rings. The fourth-order valence-electron chi connectivity index (χ4n) is 4.33. The predicted molar refractivity (Wildman–Crippen MR) is 118 cm³/mol. The van der Waals surface area contributed by atoms with E-state index in [1.54, 1.807) is 17.4 Å². The lowest BCUT2D eigenvalue weighted by Gasteiger charge is -2.32. The molecule has 7 nitrogen and oxygen atoms in total. The predicted octanol–water partition coefficient (Wildman–Crippen LogP) is 4.94. The highest BCUT2D eigenvalue weighted by atomic mass is 19.4. The van der Waals surface area contributed by atoms with E-state index in [1.807, 2.05) is 24.3 Å². The average Bonchev–Trinajstić information content (AvgIpc) is 3.38. The summed E-state index contributed by atoms with van der Waals surface area (Å²) in [7, 11) is 0. The SMILES string of the molecule is O=C(c1ccc(OC(F)(F)F)cc1)N1CCC(c2ncnc3cc(-c4ccn[nH]4)ccc23)CC1. The van der Waals surface area contributed by atoms with Crippen molar-refractivity contribution < 1.29 is 22.7 Å². The molecule has 0 aliphatic carbocycles. The van der Waals surface area contributed by atoms with Crippen molar-refractivity contribution in [2.45, 2.75) is 25.1 Å². The molecule has 10 heteroatoms. The van der Waals surface area contributed by atoms with Crippen molar-refractivity contribution in [3.63, 3.8) is 0 Å². The first kappa shape index (κ1) is 21.9. The second-order valence-electron chi connectivity index (χ2n) is 8.10. The monoisotopic (exact) mass is 467 g/mol. The highest BCUT2D eigenvalue weighted by Gasteiger charge is 2.31. The Morgan fingerprint density at radius 1 is 1.03 bits per heavy atom. The summed E-state index contributed by atoms with van der Waals surface area (Å²) >= 11 is 0. The van der Waals surface area contributed by atoms with Crippen LogP contribution < -0.4 is 4.74 Å². The minimum absolute atomic E-state index is 0.176. The summed E-state index contributed by atoms with van der Waals surface area (Å²) in [5.41, 5.74) is 4.03. The number of aromatic nitrogens is 4. The van der Waals surface area contributed by atoms with Crippen molar-refractivity contribution in [2.24, 2.45) is 0 Å². The van der Waals surface area contributed by atoms with Crippen LogP contribution in [0.25, 0.3) is 22.2 Å². The summed E-state index contributed by atoms with van der Waals surface area (Å²) in [5.74, 6) is -0.391. The number of alkyl halides is 3. The molecule has 0 unspecified atom stereocenters. The van der Waals surface area contributed by atoms with Crippen molar-refractivity contribution in [2.75, 3.05) is 13.1 Å². The van der Waals surface area contributed by atoms with Gasteiger partial charge in [0.1, 0.15) is 12.1 Å². The summed E-state index contributed by atoms with van der Waals surface area (Å²) in [4.78, 5) is 23.5. The van der Waals surface area contributed by atoms with Gasteiger partial charge in [0, 0.05) is 41.7 Å². The van der Waals surface area contributed by atoms with Crippen LogP contribution in [0, 0.1) is 0 Å². The number of aromatic amines is 1. The number of nitrogens with zero attached hydrogens (tertiary/aromatic N) is 4. The Labute approximate surface area is 192 Å². The van der Waals surface area contributed by atoms with Crippen molar-refractivity contribution >= 4 is 16.8 Å². The quantitative estimate of drug-likeness (QED) is 0.460. The molecule has 0 atom stereocenters. The van der Waals surface area contributed by atoms with Gasteiger partial charge in [-0.2, -0.15) is 5.10 Å². The van der Waals surface area contributed by atoms with Gasteiger partial charge >= 0.3 is 6.36 Å². The van der Waals surface area contributed by atoms with Gasteiger partial charge in [-0.15, -0.1) is 13.2 Å². The number of fused-ring (bicyclic) bond motifs is 1. The van der Waals surface area contributed by atoms with E-state index in [1.165, 1.54) is 12.1 Å². The lowest BCUT2D eigenvalue weighted by molar-refractivity contribution is -0.274. The minimum atomic E-state index is -4.76. The standard InChI is InChI=1S/C24H20F3N5O2/c25-24(26,27)34-18-4-1-16(2-5-18)23(33)32-11-8-15(9-12-32)22-19-6-3-17(20-7-10-30-31-20)13-21(19)28-14-29-22/h1-7,10,13-15H,8-9,11-12H2,(H,30,31). The number of carbonyl (C=O) groups is 1. The molecule has 34 heavy (non-hydrogen) atoms. The Balaban J connectivity index is 1.27. The Kier molecular flexibility index (Phi) is 5.64. The molecule has 0 bridgehead atoms. The molecule has 174 valence electrons. The maximum atomic E-state index is 12.8. The average molecular weight is 467 g/mol. The van der Waals surface area contributed by atoms with Gasteiger partial charge in [-0.3, -0.25) is 9.89 Å². The number of amides is 1. The third-order valence-corrected chi connectivity index (χ3v) is 5.98. The third-order valence-electron chi connectivity index (χ3n) is 5.98. The number of hydrogen-bond acceptors (Lipinski definition) is 5. The molecule has 0 spiro atoms. The van der Waals surface area contributed by atoms with Crippen molar-refractivity contribution in [1.82, 2.24) is 25.1 Å². The highest BCUT2D eigenvalue weighted by Crippen LogP contribution is 2.33. The van der Waals surface area contributed by atoms with E-state index in [-0.39, 0.29) is 17.6 Å². The Bertz CT molecular complexity index is 1300. The summed E-state index contributed by atoms with van der Waals surface area (Å²) in [6.07, 6.45) is -0.0364. The lowest BCUT2D eigenvalue weighted by Crippen LogP contribution is -2.38. The van der Waals surface area contributed by atoms with E-state index in [2.05, 4.69) is 24.9 Å². The number of H-pyrrole nitrogens is 1. The molecule has 3 heterocycles. The number of likely N-dealkylation sites (tertiary alicyclic amines) is 1. The van der Waals surface area contributed by atoms with Crippen LogP contribution in [0.5, 0.6) is 5.75 Å². The molecule has 1 aliphatic heterocycles. The van der Waals surface area contributed by atoms with Gasteiger partial charge in [-0.25, -0.2) is 9.97 Å². The van der Waals surface area contributed by atoms with Gasteiger partial charge in [-0.05, 0) is 49.2 Å². The maximum absolute atomic E-state index is 12.8. The van der Waals surface area contributed by atoms with Crippen molar-refractivity contribution in [3.05, 3.63) is 72.3 Å². The number of carbonyl (C=O) groups excluding carboxylic acids is 1. The topological polar surface area (TPSA) is 84.0 Å². The van der Waals surface area contributed by atoms with Crippen LogP contribution in [0.1, 0.15) is 34.8 Å². The number of benzene rings is 2. The molecule has 5 rings (SSSR count). The summed E-state index contributed by atoms with van der Waals surface area (Å²) in [5, 5.41) is 7.92.